The summed E-state index contributed by atoms with van der Waals surface area (Å²) in [4.78, 5) is 0. The molecule has 1 fully saturated rings. The molecule has 0 bridgehead atoms. The Morgan fingerprint density at radius 3 is 3.00 bits per heavy atom. The molecular weight excluding hydrogens is 194 g/mol. The van der Waals surface area contributed by atoms with Crippen LogP contribution in [0, 0.1) is 5.92 Å². The second-order valence-corrected chi connectivity index (χ2v) is 4.19. The van der Waals surface area contributed by atoms with E-state index in [-0.39, 0.29) is 0 Å². The van der Waals surface area contributed by atoms with Crippen molar-refractivity contribution in [2.24, 2.45) is 5.92 Å². The number of rotatable bonds is 7. The lowest BCUT2D eigenvalue weighted by atomic mass is 9.97. The van der Waals surface area contributed by atoms with Crippen LogP contribution in [0.1, 0.15) is 19.3 Å². The minimum atomic E-state index is -0.487. The van der Waals surface area contributed by atoms with Crippen molar-refractivity contribution in [3.63, 3.8) is 0 Å². The highest BCUT2D eigenvalue weighted by Crippen LogP contribution is 2.13. The molecule has 2 N–H and O–H groups in total. The van der Waals surface area contributed by atoms with Crippen LogP contribution in [0.15, 0.2) is 0 Å². The number of aliphatic hydroxyl groups excluding tert-OH is 1. The number of aliphatic hydroxyl groups is 1. The average Bonchev–Trinajstić information content (AvgIpc) is 2.26. The van der Waals surface area contributed by atoms with Gasteiger partial charge < -0.3 is 19.9 Å². The first kappa shape index (κ1) is 12.9. The molecule has 1 saturated heterocycles. The van der Waals surface area contributed by atoms with E-state index in [2.05, 4.69) is 5.32 Å². The van der Waals surface area contributed by atoms with Crippen LogP contribution in [0.5, 0.6) is 0 Å². The van der Waals surface area contributed by atoms with Crippen molar-refractivity contribution in [1.82, 2.24) is 5.32 Å². The summed E-state index contributed by atoms with van der Waals surface area (Å²) < 4.78 is 10.2. The van der Waals surface area contributed by atoms with Gasteiger partial charge in [-0.2, -0.15) is 0 Å². The molecule has 0 radical (unpaired) electrons. The topological polar surface area (TPSA) is 50.7 Å². The lowest BCUT2D eigenvalue weighted by Gasteiger charge is -2.22. The molecule has 0 aromatic rings. The third-order valence-electron chi connectivity index (χ3n) is 2.74. The van der Waals surface area contributed by atoms with Crippen molar-refractivity contribution in [3.05, 3.63) is 0 Å². The number of methoxy groups -OCH3 is 1. The van der Waals surface area contributed by atoms with E-state index in [1.807, 2.05) is 0 Å². The molecule has 0 aliphatic carbocycles. The molecule has 1 aliphatic rings. The zero-order valence-corrected chi connectivity index (χ0v) is 9.58. The molecule has 1 rings (SSSR count). The van der Waals surface area contributed by atoms with Crippen molar-refractivity contribution in [3.8, 4) is 0 Å². The second-order valence-electron chi connectivity index (χ2n) is 4.19. The fraction of sp³-hybridized carbons (Fsp3) is 1.00. The van der Waals surface area contributed by atoms with Gasteiger partial charge in [-0.3, -0.25) is 0 Å². The van der Waals surface area contributed by atoms with Crippen molar-refractivity contribution in [2.75, 3.05) is 40.0 Å². The normalized spacial score (nSPS) is 24.0. The molecular formula is C11H23NO3. The van der Waals surface area contributed by atoms with Crippen molar-refractivity contribution in [1.29, 1.82) is 0 Å². The maximum atomic E-state index is 9.32. The molecule has 15 heavy (non-hydrogen) atoms. The summed E-state index contributed by atoms with van der Waals surface area (Å²) in [6.45, 7) is 3.75. The van der Waals surface area contributed by atoms with Gasteiger partial charge in [-0.25, -0.2) is 0 Å². The number of hydrogen-bond donors (Lipinski definition) is 2. The molecule has 0 spiro atoms. The van der Waals surface area contributed by atoms with E-state index < -0.39 is 6.10 Å². The molecule has 2 unspecified atom stereocenters. The molecule has 4 heteroatoms. The predicted molar refractivity (Wildman–Crippen MR) is 58.9 cm³/mol. The summed E-state index contributed by atoms with van der Waals surface area (Å²) in [5.41, 5.74) is 0. The first-order chi connectivity index (χ1) is 7.33. The highest BCUT2D eigenvalue weighted by Gasteiger charge is 2.12. The van der Waals surface area contributed by atoms with Gasteiger partial charge in [0.2, 0.25) is 0 Å². The Morgan fingerprint density at radius 2 is 2.33 bits per heavy atom. The molecule has 1 heterocycles. The summed E-state index contributed by atoms with van der Waals surface area (Å²) in [5.74, 6) is 0.748. The maximum absolute atomic E-state index is 9.32. The van der Waals surface area contributed by atoms with Crippen LogP contribution in [-0.4, -0.2) is 51.2 Å². The monoisotopic (exact) mass is 217 g/mol. The minimum absolute atomic E-state index is 0.352. The van der Waals surface area contributed by atoms with Gasteiger partial charge in [0.05, 0.1) is 13.2 Å². The lowest BCUT2D eigenvalue weighted by Crippen LogP contribution is -2.30. The average molecular weight is 217 g/mol. The van der Waals surface area contributed by atoms with E-state index in [1.165, 1.54) is 12.8 Å². The van der Waals surface area contributed by atoms with Gasteiger partial charge in [-0.05, 0) is 38.3 Å². The Morgan fingerprint density at radius 1 is 1.47 bits per heavy atom. The Hall–Kier alpha value is -0.160. The summed E-state index contributed by atoms with van der Waals surface area (Å²) >= 11 is 0. The SMILES string of the molecule is COCC(O)COCCC1CCCNC1. The summed E-state index contributed by atoms with van der Waals surface area (Å²) in [6, 6.07) is 0. The molecule has 0 aromatic carbocycles. The number of hydrogen-bond acceptors (Lipinski definition) is 4. The van der Waals surface area contributed by atoms with E-state index in [9.17, 15) is 5.11 Å². The minimum Gasteiger partial charge on any atom is -0.388 e. The molecule has 0 amide bonds. The molecule has 0 aromatic heterocycles. The van der Waals surface area contributed by atoms with Crippen LogP contribution in [0.4, 0.5) is 0 Å². The Kier molecular flexibility index (Phi) is 6.92. The Balaban J connectivity index is 1.91. The van der Waals surface area contributed by atoms with Gasteiger partial charge in [-0.15, -0.1) is 0 Å². The molecule has 1 aliphatic heterocycles. The fourth-order valence-corrected chi connectivity index (χ4v) is 1.88. The van der Waals surface area contributed by atoms with Crippen LogP contribution < -0.4 is 5.32 Å². The quantitative estimate of drug-likeness (QED) is 0.606. The predicted octanol–water partition coefficient (Wildman–Crippen LogP) is 0.400. The third-order valence-corrected chi connectivity index (χ3v) is 2.74. The lowest BCUT2D eigenvalue weighted by molar-refractivity contribution is -0.00933. The van der Waals surface area contributed by atoms with Crippen molar-refractivity contribution >= 4 is 0 Å². The number of ether oxygens (including phenoxy) is 2. The van der Waals surface area contributed by atoms with Crippen LogP contribution in [-0.2, 0) is 9.47 Å². The van der Waals surface area contributed by atoms with E-state index in [1.54, 1.807) is 7.11 Å². The zero-order valence-electron chi connectivity index (χ0n) is 9.58. The Labute approximate surface area is 92.0 Å². The number of piperidine rings is 1. The third kappa shape index (κ3) is 6.10. The standard InChI is InChI=1S/C11H23NO3/c1-14-8-11(13)9-15-6-4-10-3-2-5-12-7-10/h10-13H,2-9H2,1H3. The fourth-order valence-electron chi connectivity index (χ4n) is 1.88. The van der Waals surface area contributed by atoms with Crippen LogP contribution >= 0.6 is 0 Å². The van der Waals surface area contributed by atoms with E-state index >= 15 is 0 Å². The summed E-state index contributed by atoms with van der Waals surface area (Å²) in [6.07, 6.45) is 3.18. The van der Waals surface area contributed by atoms with Crippen molar-refractivity contribution < 1.29 is 14.6 Å². The van der Waals surface area contributed by atoms with Crippen LogP contribution in [0.2, 0.25) is 0 Å². The highest BCUT2D eigenvalue weighted by molar-refractivity contribution is 4.68. The molecule has 0 saturated carbocycles. The zero-order chi connectivity index (χ0) is 10.9. The Bertz CT molecular complexity index is 149. The smallest absolute Gasteiger partial charge is 0.101 e. The van der Waals surface area contributed by atoms with Gasteiger partial charge in [0, 0.05) is 13.7 Å². The van der Waals surface area contributed by atoms with Crippen LogP contribution in [0.25, 0.3) is 0 Å². The number of nitrogens with one attached hydrogen (secondary N) is 1. The van der Waals surface area contributed by atoms with Gasteiger partial charge in [0.25, 0.3) is 0 Å². The first-order valence-electron chi connectivity index (χ1n) is 5.78. The summed E-state index contributed by atoms with van der Waals surface area (Å²) in [5, 5.41) is 12.7. The molecule has 2 atom stereocenters. The van der Waals surface area contributed by atoms with E-state index in [0.29, 0.717) is 13.2 Å². The van der Waals surface area contributed by atoms with E-state index in [0.717, 1.165) is 32.0 Å². The van der Waals surface area contributed by atoms with Gasteiger partial charge in [0.1, 0.15) is 6.10 Å². The second kappa shape index (κ2) is 8.05. The van der Waals surface area contributed by atoms with Gasteiger partial charge in [-0.1, -0.05) is 0 Å². The van der Waals surface area contributed by atoms with E-state index in [4.69, 9.17) is 9.47 Å². The highest BCUT2D eigenvalue weighted by atomic mass is 16.5. The summed E-state index contributed by atoms with van der Waals surface area (Å²) in [7, 11) is 1.58. The first-order valence-corrected chi connectivity index (χ1v) is 5.78. The van der Waals surface area contributed by atoms with Gasteiger partial charge >= 0.3 is 0 Å². The van der Waals surface area contributed by atoms with Gasteiger partial charge in [0.15, 0.2) is 0 Å². The largest absolute Gasteiger partial charge is 0.388 e. The van der Waals surface area contributed by atoms with Crippen LogP contribution in [0.3, 0.4) is 0 Å². The molecule has 4 nitrogen and oxygen atoms in total. The molecule has 90 valence electrons. The maximum Gasteiger partial charge on any atom is 0.101 e. The van der Waals surface area contributed by atoms with Crippen molar-refractivity contribution in [2.45, 2.75) is 25.4 Å².